The molecule has 700 valence electrons. The normalized spacial score (nSPS) is 21.3. The van der Waals surface area contributed by atoms with E-state index in [1.54, 1.807) is 0 Å². The summed E-state index contributed by atoms with van der Waals surface area (Å²) in [4.78, 5) is 27.8. The fourth-order valence-corrected chi connectivity index (χ4v) is 15.9. The molecule has 2 fully saturated rings. The standard InChI is InChI=1S/C27H50N2O70S16.16Na/c30-24(20(96-112(68,69)70)16(92-108(56,57)58)14(90-106(50,51)52)10(86-102(38,39)40)4-80-26-22(98-114(74,75)76)18(94-110(62,63)64)12(88-104(44,45)46)8(84-26)6-82-100(32,33)34)28-2-1-3-29-25(31)21(97-113(71,72)73)17(93-109(59,60)61)15(91-107(53,54)55)11(87-103(41,42)43)5-81-27-23(99-115(77,78)79)19(95-111(65,66)67)13(89-105(47,48)49)9(85-27)7-83-101(35,36)37;;;;;;;;;;;;;;;;/h8-23,26-27H,1-7H2,(H,28,30)(H,29,31)(H,32,33,34)(H,35,36,37)(H,38,39,40)(H,41,42,43)(H,44,45,46)(H,47,48,49)(H,50,51,52)(H,53,54,55)(H,56,57,58)(H,59,60,61)(H,62,63,64)(H,65,66,67)(H,68,69,70)(H,71,72,73)(H,74,75,76)(H,77,78,79);;;;;;;;;;;;;;;;/t8-,9-,10-,11-,12+,13+,14-,15-,16+,17+,18+,19+,20-,21-,22-,23-,26+,27+;;;;;;;;;;;;;;;;/m1................/s1. The van der Waals surface area contributed by atoms with Crippen molar-refractivity contribution < 1.29 is 303 Å². The Morgan fingerprint density at radius 2 is 0.435 bits per heavy atom. The molecule has 0 unspecified atom stereocenters. The summed E-state index contributed by atoms with van der Waals surface area (Å²) >= 11 is 0. The molecule has 0 aromatic carbocycles. The summed E-state index contributed by atoms with van der Waals surface area (Å²) in [6.07, 6.45) is -69.3. The van der Waals surface area contributed by atoms with E-state index in [1.807, 2.05) is 0 Å². The van der Waals surface area contributed by atoms with E-state index in [1.165, 1.54) is 10.6 Å². The predicted molar refractivity (Wildman–Crippen MR) is 417 cm³/mol. The molecule has 2 aliphatic heterocycles. The molecule has 16 radical (unpaired) electrons. The molecular formula is C27H50N2Na16O70S16. The summed E-state index contributed by atoms with van der Waals surface area (Å²) < 4.78 is 623. The van der Waals surface area contributed by atoms with Gasteiger partial charge in [0.15, 0.2) is 37.0 Å². The van der Waals surface area contributed by atoms with Crippen molar-refractivity contribution in [3.63, 3.8) is 0 Å². The Kier molecular flexibility index (Phi) is 98.9. The van der Waals surface area contributed by atoms with Gasteiger partial charge in [-0.15, -0.1) is 0 Å². The molecule has 2 amide bonds. The molecule has 2 saturated heterocycles. The second-order valence-electron chi connectivity index (χ2n) is 20.0. The topological polar surface area (TPSA) is 1110 Å². The van der Waals surface area contributed by atoms with E-state index in [2.05, 4.69) is 66.9 Å². The van der Waals surface area contributed by atoms with Crippen molar-refractivity contribution in [1.29, 1.82) is 0 Å². The van der Waals surface area contributed by atoms with Crippen LogP contribution in [0.1, 0.15) is 6.42 Å². The molecule has 0 saturated carbocycles. The Bertz CT molecular complexity index is 5100. The van der Waals surface area contributed by atoms with Crippen LogP contribution in [0.5, 0.6) is 0 Å². The second-order valence-corrected chi connectivity index (χ2v) is 36.9. The van der Waals surface area contributed by atoms with Gasteiger partial charge in [-0.3, -0.25) is 82.4 Å². The summed E-state index contributed by atoms with van der Waals surface area (Å²) in [5.41, 5.74) is 0. The van der Waals surface area contributed by atoms with Gasteiger partial charge in [0, 0.05) is 486 Å². The molecule has 0 bridgehead atoms. The largest absolute Gasteiger partial charge is 0.398 e. The smallest absolute Gasteiger partial charge is 0.354 e. The van der Waals surface area contributed by atoms with Crippen molar-refractivity contribution in [2.75, 3.05) is 39.5 Å². The number of carbonyl (C=O) groups is 2. The summed E-state index contributed by atoms with van der Waals surface area (Å²) in [5.74, 6) is -5.42. The van der Waals surface area contributed by atoms with Crippen LogP contribution in [0.3, 0.4) is 0 Å². The van der Waals surface area contributed by atoms with Gasteiger partial charge in [-0.05, 0) is 6.42 Å². The summed E-state index contributed by atoms with van der Waals surface area (Å²) in [5, 5.41) is 2.60. The third kappa shape index (κ3) is 82.8. The maximum atomic E-state index is 13.9. The fourth-order valence-electron chi connectivity index (χ4n) is 8.39. The zero-order chi connectivity index (χ0) is 90.1. The Morgan fingerprint density at radius 1 is 0.244 bits per heavy atom. The number of rotatable bonds is 52. The summed E-state index contributed by atoms with van der Waals surface area (Å²) in [6, 6.07) is 0. The van der Waals surface area contributed by atoms with Crippen LogP contribution in [-0.4, -0.2) is 842 Å². The van der Waals surface area contributed by atoms with Crippen LogP contribution in [0.4, 0.5) is 0 Å². The number of hydrogen-bond acceptors (Lipinski definition) is 54. The van der Waals surface area contributed by atoms with E-state index in [-0.39, 0.29) is 473 Å². The third-order valence-electron chi connectivity index (χ3n) is 11.5. The minimum Gasteiger partial charge on any atom is -0.354 e. The van der Waals surface area contributed by atoms with Gasteiger partial charge in [0.25, 0.3) is 11.8 Å². The van der Waals surface area contributed by atoms with Gasteiger partial charge in [0.05, 0.1) is 26.4 Å². The van der Waals surface area contributed by atoms with Crippen LogP contribution in [0.25, 0.3) is 0 Å². The van der Waals surface area contributed by atoms with Crippen LogP contribution < -0.4 is 10.6 Å². The monoisotopic (exact) mass is 2400 g/mol. The molecule has 104 heteroatoms. The molecule has 18 atom stereocenters. The van der Waals surface area contributed by atoms with E-state index < -0.39 is 334 Å². The molecule has 0 aliphatic carbocycles. The number of nitrogens with one attached hydrogen (secondary N) is 2. The van der Waals surface area contributed by atoms with Crippen molar-refractivity contribution in [2.24, 2.45) is 0 Å². The molecule has 72 nitrogen and oxygen atoms in total. The summed E-state index contributed by atoms with van der Waals surface area (Å²) in [7, 11) is -105. The van der Waals surface area contributed by atoms with Crippen molar-refractivity contribution in [2.45, 2.75) is 117 Å². The number of hydrogen-bond donors (Lipinski definition) is 18. The Morgan fingerprint density at radius 3 is 0.626 bits per heavy atom. The van der Waals surface area contributed by atoms with Gasteiger partial charge in [-0.1, -0.05) is 0 Å². The van der Waals surface area contributed by atoms with Crippen molar-refractivity contribution >= 4 is 651 Å². The predicted octanol–water partition coefficient (Wildman–Crippen LogP) is -20.7. The molecule has 2 aliphatic rings. The first-order valence-corrected chi connectivity index (χ1v) is 48.1. The first kappa shape index (κ1) is 177. The van der Waals surface area contributed by atoms with Gasteiger partial charge >= 0.3 is 166 Å². The maximum Gasteiger partial charge on any atom is 0.398 e. The average molecular weight is 2400 g/mol. The fraction of sp³-hybridized carbons (Fsp3) is 0.926. The van der Waals surface area contributed by atoms with E-state index in [9.17, 15) is 208 Å². The summed E-state index contributed by atoms with van der Waals surface area (Å²) in [6.45, 7) is -12.9. The van der Waals surface area contributed by atoms with E-state index >= 15 is 0 Å². The average Bonchev–Trinajstić information content (AvgIpc) is 0.772. The van der Waals surface area contributed by atoms with Crippen molar-refractivity contribution in [1.82, 2.24) is 10.6 Å². The van der Waals surface area contributed by atoms with Crippen LogP contribution in [0, 0.1) is 0 Å². The Hall–Kier alpha value is 12.7. The van der Waals surface area contributed by atoms with Gasteiger partial charge in [0.1, 0.15) is 73.2 Å². The van der Waals surface area contributed by atoms with Crippen LogP contribution in [0.15, 0.2) is 0 Å². The van der Waals surface area contributed by atoms with E-state index in [0.29, 0.717) is 0 Å². The third-order valence-corrected chi connectivity index (χ3v) is 18.9. The Balaban J connectivity index is -0.000000647. The second kappa shape index (κ2) is 73.3. The quantitative estimate of drug-likeness (QED) is 0.0153. The number of amides is 2. The zero-order valence-corrected chi connectivity index (χ0v) is 114. The van der Waals surface area contributed by atoms with Crippen molar-refractivity contribution in [3.8, 4) is 0 Å². The molecule has 0 aromatic rings. The molecule has 131 heavy (non-hydrogen) atoms. The van der Waals surface area contributed by atoms with Gasteiger partial charge in [0.2, 0.25) is 0 Å². The minimum absolute atomic E-state index is 0. The number of ether oxygens (including phenoxy) is 4. The molecule has 2 rings (SSSR count). The van der Waals surface area contributed by atoms with Crippen LogP contribution >= 0.6 is 0 Å². The zero-order valence-electron chi connectivity index (χ0n) is 69.1. The maximum absolute atomic E-state index is 13.9. The molecule has 0 aromatic heterocycles. The van der Waals surface area contributed by atoms with Crippen LogP contribution in [-0.2, 0) is 262 Å². The molecular weight excluding hydrogens is 2350 g/mol. The molecule has 18 N–H and O–H groups in total. The Labute approximate surface area is 1100 Å². The minimum atomic E-state index is -6.85. The molecule has 2 heterocycles. The van der Waals surface area contributed by atoms with Gasteiger partial charge < -0.3 is 29.6 Å². The van der Waals surface area contributed by atoms with E-state index in [4.69, 9.17) is 28.1 Å². The first-order chi connectivity index (χ1) is 50.8. The number of carbonyl (C=O) groups excluding carboxylic acids is 2. The van der Waals surface area contributed by atoms with E-state index in [0.717, 1.165) is 0 Å². The van der Waals surface area contributed by atoms with Gasteiger partial charge in [-0.25, -0.2) is 66.9 Å². The van der Waals surface area contributed by atoms with Gasteiger partial charge in [-0.2, -0.15) is 135 Å². The van der Waals surface area contributed by atoms with Crippen molar-refractivity contribution in [3.05, 3.63) is 0 Å². The first-order valence-electron chi connectivity index (χ1n) is 26.3. The molecule has 0 spiro atoms. The SMILES string of the molecule is O=C(NCCCNC(=O)[C@H](OS(=O)(=O)O)[C@@H](OS(=O)(=O)O)[C@H](OS(=O)(=O)O)[C@@H](CO[C@H]1O[C@H](COS(=O)(=O)O)[C@H](OS(=O)(=O)O)[C@H](OS(=O)(=O)O)[C@H]1OS(=O)(=O)O)OS(=O)(=O)O)[C@H](OS(=O)(=O)O)[C@@H](OS(=O)(=O)O)[C@H](OS(=O)(=O)O)[C@@H](CO[C@H]1O[C@H](COS(=O)(=O)O)[C@H](OS(=O)(=O)O)[C@H](OS(=O)(=O)O)[C@H]1OS(=O)(=O)O)OS(=O)(=O)O.[Na].[Na].[Na].[Na].[Na].[Na].[Na].[Na].[Na].[Na].[Na].[Na].[Na].[Na].[Na].[Na]. The van der Waals surface area contributed by atoms with Crippen LogP contribution in [0.2, 0.25) is 0 Å².